The van der Waals surface area contributed by atoms with E-state index in [4.69, 9.17) is 0 Å². The molecule has 0 radical (unpaired) electrons. The number of thioether (sulfide) groups is 1. The van der Waals surface area contributed by atoms with Crippen LogP contribution in [0.3, 0.4) is 0 Å². The third-order valence-corrected chi connectivity index (χ3v) is 3.77. The Bertz CT molecular complexity index is 415. The Balaban J connectivity index is 2.65. The van der Waals surface area contributed by atoms with E-state index in [0.717, 1.165) is 16.6 Å². The van der Waals surface area contributed by atoms with E-state index >= 15 is 0 Å². The number of nitrogens with zero attached hydrogens (tertiary/aromatic N) is 1. The molecule has 0 aliphatic rings. The van der Waals surface area contributed by atoms with Gasteiger partial charge in [-0.3, -0.25) is 10.1 Å². The first-order chi connectivity index (χ1) is 8.54. The van der Waals surface area contributed by atoms with Crippen molar-refractivity contribution in [3.63, 3.8) is 0 Å². The SMILES string of the molecule is CSCCC(C)NCc1cc(Br)ccc1[N+](=O)[O-]. The zero-order chi connectivity index (χ0) is 13.5. The van der Waals surface area contributed by atoms with Crippen LogP contribution < -0.4 is 5.32 Å². The molecule has 1 atom stereocenters. The Morgan fingerprint density at radius 1 is 1.56 bits per heavy atom. The van der Waals surface area contributed by atoms with Gasteiger partial charge in [0.1, 0.15) is 0 Å². The van der Waals surface area contributed by atoms with Crippen molar-refractivity contribution in [3.8, 4) is 0 Å². The van der Waals surface area contributed by atoms with E-state index < -0.39 is 0 Å². The monoisotopic (exact) mass is 332 g/mol. The van der Waals surface area contributed by atoms with E-state index in [1.165, 1.54) is 6.07 Å². The zero-order valence-electron chi connectivity index (χ0n) is 10.5. The summed E-state index contributed by atoms with van der Waals surface area (Å²) in [5, 5.41) is 14.2. The number of nitrogens with one attached hydrogen (secondary N) is 1. The molecular weight excluding hydrogens is 316 g/mol. The minimum absolute atomic E-state index is 0.169. The fourth-order valence-corrected chi connectivity index (χ4v) is 2.55. The maximum absolute atomic E-state index is 10.9. The highest BCUT2D eigenvalue weighted by atomic mass is 79.9. The fourth-order valence-electron chi connectivity index (χ4n) is 1.55. The lowest BCUT2D eigenvalue weighted by Gasteiger charge is -2.13. The van der Waals surface area contributed by atoms with Crippen molar-refractivity contribution in [3.05, 3.63) is 38.3 Å². The lowest BCUT2D eigenvalue weighted by atomic mass is 10.1. The van der Waals surface area contributed by atoms with Gasteiger partial charge in [-0.2, -0.15) is 11.8 Å². The second kappa shape index (κ2) is 7.76. The smallest absolute Gasteiger partial charge is 0.273 e. The summed E-state index contributed by atoms with van der Waals surface area (Å²) in [6.07, 6.45) is 3.13. The summed E-state index contributed by atoms with van der Waals surface area (Å²) in [6.45, 7) is 2.62. The first-order valence-electron chi connectivity index (χ1n) is 5.69. The third-order valence-electron chi connectivity index (χ3n) is 2.63. The van der Waals surface area contributed by atoms with Crippen LogP contribution >= 0.6 is 27.7 Å². The lowest BCUT2D eigenvalue weighted by molar-refractivity contribution is -0.385. The highest BCUT2D eigenvalue weighted by Gasteiger charge is 2.14. The van der Waals surface area contributed by atoms with Crippen molar-refractivity contribution in [2.24, 2.45) is 0 Å². The van der Waals surface area contributed by atoms with E-state index in [1.807, 2.05) is 0 Å². The molecule has 0 fully saturated rings. The molecule has 0 aliphatic carbocycles. The lowest BCUT2D eigenvalue weighted by Crippen LogP contribution is -2.26. The molecule has 18 heavy (non-hydrogen) atoms. The molecule has 1 aromatic carbocycles. The van der Waals surface area contributed by atoms with Gasteiger partial charge in [0.15, 0.2) is 0 Å². The van der Waals surface area contributed by atoms with Crippen molar-refractivity contribution >= 4 is 33.4 Å². The molecule has 1 aromatic rings. The van der Waals surface area contributed by atoms with Gasteiger partial charge in [0, 0.05) is 28.7 Å². The van der Waals surface area contributed by atoms with Crippen molar-refractivity contribution in [1.82, 2.24) is 5.32 Å². The summed E-state index contributed by atoms with van der Waals surface area (Å²) in [4.78, 5) is 10.6. The molecule has 1 N–H and O–H groups in total. The molecular formula is C12H17BrN2O2S. The molecule has 4 nitrogen and oxygen atoms in total. The predicted octanol–water partition coefficient (Wildman–Crippen LogP) is 3.59. The summed E-state index contributed by atoms with van der Waals surface area (Å²) >= 11 is 5.15. The standard InChI is InChI=1S/C12H17BrN2O2S/c1-9(5-6-18-2)14-8-10-7-11(13)3-4-12(10)15(16)17/h3-4,7,9,14H,5-6,8H2,1-2H3. The van der Waals surface area contributed by atoms with Gasteiger partial charge in [-0.1, -0.05) is 15.9 Å². The highest BCUT2D eigenvalue weighted by Crippen LogP contribution is 2.23. The van der Waals surface area contributed by atoms with Crippen LogP contribution in [-0.4, -0.2) is 23.0 Å². The van der Waals surface area contributed by atoms with Crippen molar-refractivity contribution in [2.75, 3.05) is 12.0 Å². The number of benzene rings is 1. The molecule has 100 valence electrons. The molecule has 0 heterocycles. The average Bonchev–Trinajstić information content (AvgIpc) is 2.33. The third kappa shape index (κ3) is 4.96. The van der Waals surface area contributed by atoms with Crippen LogP contribution in [0, 0.1) is 10.1 Å². The van der Waals surface area contributed by atoms with E-state index in [0.29, 0.717) is 18.2 Å². The molecule has 1 rings (SSSR count). The summed E-state index contributed by atoms with van der Waals surface area (Å²) < 4.78 is 0.863. The van der Waals surface area contributed by atoms with Gasteiger partial charge in [-0.15, -0.1) is 0 Å². The molecule has 0 aromatic heterocycles. The van der Waals surface area contributed by atoms with Gasteiger partial charge >= 0.3 is 0 Å². The minimum atomic E-state index is -0.337. The topological polar surface area (TPSA) is 55.2 Å². The molecule has 0 bridgehead atoms. The van der Waals surface area contributed by atoms with E-state index in [9.17, 15) is 10.1 Å². The van der Waals surface area contributed by atoms with Gasteiger partial charge in [-0.25, -0.2) is 0 Å². The van der Waals surface area contributed by atoms with Gasteiger partial charge in [-0.05, 0) is 37.5 Å². The van der Waals surface area contributed by atoms with E-state index in [1.54, 1.807) is 23.9 Å². The zero-order valence-corrected chi connectivity index (χ0v) is 12.9. The summed E-state index contributed by atoms with van der Waals surface area (Å²) in [5.74, 6) is 1.09. The molecule has 0 amide bonds. The Morgan fingerprint density at radius 3 is 2.89 bits per heavy atom. The van der Waals surface area contributed by atoms with E-state index in [-0.39, 0.29) is 10.6 Å². The van der Waals surface area contributed by atoms with Crippen LogP contribution in [0.15, 0.2) is 22.7 Å². The predicted molar refractivity (Wildman–Crippen MR) is 80.1 cm³/mol. The number of nitro groups is 1. The first-order valence-corrected chi connectivity index (χ1v) is 7.88. The molecule has 0 saturated heterocycles. The van der Waals surface area contributed by atoms with Crippen molar-refractivity contribution in [1.29, 1.82) is 0 Å². The van der Waals surface area contributed by atoms with Gasteiger partial charge < -0.3 is 5.32 Å². The molecule has 0 spiro atoms. The number of hydrogen-bond acceptors (Lipinski definition) is 4. The Kier molecular flexibility index (Phi) is 6.67. The molecule has 0 aliphatic heterocycles. The largest absolute Gasteiger partial charge is 0.310 e. The Hall–Kier alpha value is -0.590. The first kappa shape index (κ1) is 15.5. The second-order valence-corrected chi connectivity index (χ2v) is 5.99. The van der Waals surface area contributed by atoms with Crippen LogP contribution in [0.25, 0.3) is 0 Å². The maximum atomic E-state index is 10.9. The van der Waals surface area contributed by atoms with E-state index in [2.05, 4.69) is 34.4 Å². The van der Waals surface area contributed by atoms with Gasteiger partial charge in [0.2, 0.25) is 0 Å². The number of hydrogen-bond donors (Lipinski definition) is 1. The Labute approximate surface area is 120 Å². The summed E-state index contributed by atoms with van der Waals surface area (Å²) in [7, 11) is 0. The van der Waals surface area contributed by atoms with Crippen LogP contribution in [0.5, 0.6) is 0 Å². The van der Waals surface area contributed by atoms with Crippen LogP contribution in [-0.2, 0) is 6.54 Å². The molecule has 1 unspecified atom stereocenters. The van der Waals surface area contributed by atoms with Gasteiger partial charge in [0.05, 0.1) is 4.92 Å². The maximum Gasteiger partial charge on any atom is 0.273 e. The van der Waals surface area contributed by atoms with Crippen molar-refractivity contribution in [2.45, 2.75) is 25.9 Å². The van der Waals surface area contributed by atoms with Crippen LogP contribution in [0.2, 0.25) is 0 Å². The second-order valence-electron chi connectivity index (χ2n) is 4.09. The van der Waals surface area contributed by atoms with Crippen LogP contribution in [0.4, 0.5) is 5.69 Å². The fraction of sp³-hybridized carbons (Fsp3) is 0.500. The average molecular weight is 333 g/mol. The summed E-state index contributed by atoms with van der Waals surface area (Å²) in [6, 6.07) is 5.38. The summed E-state index contributed by atoms with van der Waals surface area (Å²) in [5.41, 5.74) is 0.883. The van der Waals surface area contributed by atoms with Crippen LogP contribution in [0.1, 0.15) is 18.9 Å². The van der Waals surface area contributed by atoms with Gasteiger partial charge in [0.25, 0.3) is 5.69 Å². The highest BCUT2D eigenvalue weighted by molar-refractivity contribution is 9.10. The Morgan fingerprint density at radius 2 is 2.28 bits per heavy atom. The van der Waals surface area contributed by atoms with Crippen molar-refractivity contribution < 1.29 is 4.92 Å². The number of halogens is 1. The number of rotatable bonds is 7. The minimum Gasteiger partial charge on any atom is -0.310 e. The molecule has 0 saturated carbocycles. The number of nitro benzene ring substituents is 1. The quantitative estimate of drug-likeness (QED) is 0.612. The normalized spacial score (nSPS) is 12.4. The molecule has 6 heteroatoms.